The number of hydrogen-bond donors (Lipinski definition) is 0. The topological polar surface area (TPSA) is 36.9 Å². The van der Waals surface area contributed by atoms with E-state index in [2.05, 4.69) is 0 Å². The van der Waals surface area contributed by atoms with Gasteiger partial charge in [-0.3, -0.25) is 0 Å². The van der Waals surface area contributed by atoms with Crippen molar-refractivity contribution in [1.82, 2.24) is 0 Å². The van der Waals surface area contributed by atoms with Crippen molar-refractivity contribution in [2.45, 2.75) is 13.8 Å². The average molecular weight is 286 g/mol. The maximum atomic E-state index is 5.43. The third-order valence-electron chi connectivity index (χ3n) is 3.36. The number of hydrogen-bond acceptors (Lipinski definition) is 4. The Kier molecular flexibility index (Phi) is 3.86. The van der Waals surface area contributed by atoms with Crippen molar-refractivity contribution in [2.24, 2.45) is 0 Å². The van der Waals surface area contributed by atoms with Crippen molar-refractivity contribution in [3.63, 3.8) is 0 Å². The van der Waals surface area contributed by atoms with E-state index in [1.807, 2.05) is 50.2 Å². The van der Waals surface area contributed by atoms with E-state index < -0.39 is 0 Å². The van der Waals surface area contributed by atoms with Crippen LogP contribution in [0.2, 0.25) is 0 Å². The molecule has 0 saturated heterocycles. The molecule has 0 bridgehead atoms. The number of rotatable bonds is 0. The summed E-state index contributed by atoms with van der Waals surface area (Å²) in [7, 11) is 0. The molecule has 0 spiro atoms. The van der Waals surface area contributed by atoms with Gasteiger partial charge in [-0.15, -0.1) is 0 Å². The maximum Gasteiger partial charge on any atom is 0.231 e. The monoisotopic (exact) mass is 286 g/mol. The molecule has 2 aromatic carbocycles. The highest BCUT2D eigenvalue weighted by Crippen LogP contribution is 2.34. The van der Waals surface area contributed by atoms with Crippen LogP contribution < -0.4 is 18.9 Å². The van der Waals surface area contributed by atoms with Crippen molar-refractivity contribution >= 4 is 0 Å². The zero-order valence-corrected chi connectivity index (χ0v) is 12.2. The Morgan fingerprint density at radius 2 is 1.24 bits per heavy atom. The van der Waals surface area contributed by atoms with Crippen molar-refractivity contribution in [1.29, 1.82) is 0 Å². The van der Waals surface area contributed by atoms with E-state index in [4.69, 9.17) is 18.9 Å². The Hall–Kier alpha value is -2.36. The van der Waals surface area contributed by atoms with Crippen LogP contribution >= 0.6 is 0 Å². The Morgan fingerprint density at radius 1 is 0.667 bits per heavy atom. The van der Waals surface area contributed by atoms with E-state index in [1.54, 1.807) is 0 Å². The van der Waals surface area contributed by atoms with Gasteiger partial charge in [-0.2, -0.15) is 0 Å². The average Bonchev–Trinajstić information content (AvgIpc) is 2.99. The van der Waals surface area contributed by atoms with E-state index >= 15 is 0 Å². The lowest BCUT2D eigenvalue weighted by Gasteiger charge is -2.19. The van der Waals surface area contributed by atoms with Gasteiger partial charge in [0.05, 0.1) is 0 Å². The van der Waals surface area contributed by atoms with Crippen LogP contribution in [0.4, 0.5) is 0 Å². The molecule has 0 aliphatic carbocycles. The normalized spacial score (nSPS) is 14.2. The molecular formula is C17H18O4. The minimum atomic E-state index is 0.361. The minimum Gasteiger partial charge on any atom is -0.486 e. The Bertz CT molecular complexity index is 637. The van der Waals surface area contributed by atoms with Gasteiger partial charge in [0.25, 0.3) is 0 Å². The Labute approximate surface area is 124 Å². The molecule has 2 aliphatic heterocycles. The number of benzene rings is 2. The summed E-state index contributed by atoms with van der Waals surface area (Å²) in [5.74, 6) is 3.53. The predicted molar refractivity (Wildman–Crippen MR) is 79.5 cm³/mol. The summed E-state index contributed by atoms with van der Waals surface area (Å²) in [5, 5.41) is 0. The van der Waals surface area contributed by atoms with Crippen LogP contribution in [-0.2, 0) is 0 Å². The van der Waals surface area contributed by atoms with Gasteiger partial charge in [-0.1, -0.05) is 24.3 Å². The lowest BCUT2D eigenvalue weighted by atomic mass is 10.2. The second-order valence-electron chi connectivity index (χ2n) is 4.91. The third-order valence-corrected chi connectivity index (χ3v) is 3.36. The molecular weight excluding hydrogens is 268 g/mol. The van der Waals surface area contributed by atoms with Gasteiger partial charge in [-0.25, -0.2) is 0 Å². The fourth-order valence-corrected chi connectivity index (χ4v) is 2.30. The summed E-state index contributed by atoms with van der Waals surface area (Å²) in [6.07, 6.45) is 0. The van der Waals surface area contributed by atoms with Crippen LogP contribution in [0.15, 0.2) is 36.4 Å². The molecule has 0 unspecified atom stereocenters. The van der Waals surface area contributed by atoms with E-state index in [1.165, 1.54) is 0 Å². The molecule has 4 nitrogen and oxygen atoms in total. The lowest BCUT2D eigenvalue weighted by molar-refractivity contribution is 0.170. The van der Waals surface area contributed by atoms with Crippen molar-refractivity contribution in [2.75, 3.05) is 20.0 Å². The highest BCUT2D eigenvalue weighted by molar-refractivity contribution is 5.47. The van der Waals surface area contributed by atoms with Crippen LogP contribution in [-0.4, -0.2) is 20.0 Å². The molecule has 21 heavy (non-hydrogen) atoms. The summed E-state index contributed by atoms with van der Waals surface area (Å²) >= 11 is 0. The molecule has 0 aromatic heterocycles. The van der Waals surface area contributed by atoms with Crippen LogP contribution in [0.5, 0.6) is 23.0 Å². The number of aryl methyl sites for hydroxylation is 2. The SMILES string of the molecule is Cc1cccc2c1OCCO2.Cc1cccc2c1OCO2. The molecule has 110 valence electrons. The highest BCUT2D eigenvalue weighted by Gasteiger charge is 2.13. The van der Waals surface area contributed by atoms with Crippen molar-refractivity contribution in [3.8, 4) is 23.0 Å². The van der Waals surface area contributed by atoms with Gasteiger partial charge in [0, 0.05) is 0 Å². The molecule has 0 saturated carbocycles. The third kappa shape index (κ3) is 2.89. The van der Waals surface area contributed by atoms with Gasteiger partial charge in [-0.05, 0) is 37.1 Å². The van der Waals surface area contributed by atoms with Gasteiger partial charge >= 0.3 is 0 Å². The molecule has 4 heteroatoms. The molecule has 2 aromatic rings. The molecule has 0 fully saturated rings. The summed E-state index contributed by atoms with van der Waals surface area (Å²) in [6, 6.07) is 11.8. The van der Waals surface area contributed by atoms with E-state index in [9.17, 15) is 0 Å². The number of ether oxygens (including phenoxy) is 4. The van der Waals surface area contributed by atoms with Gasteiger partial charge in [0.15, 0.2) is 23.0 Å². The van der Waals surface area contributed by atoms with E-state index in [0.717, 1.165) is 34.1 Å². The molecule has 2 aliphatic rings. The van der Waals surface area contributed by atoms with Crippen molar-refractivity contribution < 1.29 is 18.9 Å². The quantitative estimate of drug-likeness (QED) is 0.743. The molecule has 2 heterocycles. The fraction of sp³-hybridized carbons (Fsp3) is 0.294. The highest BCUT2D eigenvalue weighted by atomic mass is 16.7. The van der Waals surface area contributed by atoms with Gasteiger partial charge in [0.1, 0.15) is 13.2 Å². The molecule has 0 N–H and O–H groups in total. The Morgan fingerprint density at radius 3 is 1.86 bits per heavy atom. The largest absolute Gasteiger partial charge is 0.486 e. The summed E-state index contributed by atoms with van der Waals surface area (Å²) in [6.45, 7) is 5.72. The molecule has 4 rings (SSSR count). The first-order valence-corrected chi connectivity index (χ1v) is 6.96. The minimum absolute atomic E-state index is 0.361. The van der Waals surface area contributed by atoms with Gasteiger partial charge < -0.3 is 18.9 Å². The summed E-state index contributed by atoms with van der Waals surface area (Å²) in [4.78, 5) is 0. The summed E-state index contributed by atoms with van der Waals surface area (Å²) < 4.78 is 21.2. The zero-order valence-electron chi connectivity index (χ0n) is 12.2. The first-order chi connectivity index (χ1) is 10.3. The molecule has 0 atom stereocenters. The second-order valence-corrected chi connectivity index (χ2v) is 4.91. The van der Waals surface area contributed by atoms with Crippen LogP contribution in [0.3, 0.4) is 0 Å². The predicted octanol–water partition coefficient (Wildman–Crippen LogP) is 3.49. The second kappa shape index (κ2) is 5.95. The maximum absolute atomic E-state index is 5.43. The van der Waals surface area contributed by atoms with Crippen molar-refractivity contribution in [3.05, 3.63) is 47.5 Å². The Balaban J connectivity index is 0.000000126. The number of para-hydroxylation sites is 2. The summed E-state index contributed by atoms with van der Waals surface area (Å²) in [5.41, 5.74) is 2.28. The smallest absolute Gasteiger partial charge is 0.231 e. The van der Waals surface area contributed by atoms with E-state index in [-0.39, 0.29) is 0 Å². The molecule has 0 amide bonds. The van der Waals surface area contributed by atoms with E-state index in [0.29, 0.717) is 20.0 Å². The lowest BCUT2D eigenvalue weighted by Crippen LogP contribution is -2.15. The van der Waals surface area contributed by atoms with Crippen LogP contribution in [0.25, 0.3) is 0 Å². The zero-order chi connectivity index (χ0) is 14.7. The first-order valence-electron chi connectivity index (χ1n) is 6.96. The number of fused-ring (bicyclic) bond motifs is 2. The van der Waals surface area contributed by atoms with Crippen LogP contribution in [0, 0.1) is 13.8 Å². The fourth-order valence-electron chi connectivity index (χ4n) is 2.30. The van der Waals surface area contributed by atoms with Crippen LogP contribution in [0.1, 0.15) is 11.1 Å². The van der Waals surface area contributed by atoms with Gasteiger partial charge in [0.2, 0.25) is 6.79 Å². The molecule has 0 radical (unpaired) electrons. The standard InChI is InChI=1S/C9H10O2.C8H8O2/c1-7-3-2-4-8-9(7)11-6-5-10-8;1-6-3-2-4-7-8(6)10-5-9-7/h2-4H,5-6H2,1H3;2-4H,5H2,1H3. The first kappa shape index (κ1) is 13.6.